The van der Waals surface area contributed by atoms with Gasteiger partial charge in [0.1, 0.15) is 13.2 Å². The van der Waals surface area contributed by atoms with E-state index in [1.807, 2.05) is 17.8 Å². The summed E-state index contributed by atoms with van der Waals surface area (Å²) in [7, 11) is 0. The number of benzene rings is 2. The number of ether oxygens (including phenoxy) is 2. The predicted octanol–water partition coefficient (Wildman–Crippen LogP) is 4.35. The Labute approximate surface area is 154 Å². The van der Waals surface area contributed by atoms with Gasteiger partial charge in [-0.25, -0.2) is 0 Å². The van der Waals surface area contributed by atoms with Crippen molar-refractivity contribution in [2.24, 2.45) is 0 Å². The number of thioether (sulfide) groups is 1. The molecular formula is C21H25NO2S. The molecule has 3 nitrogen and oxygen atoms in total. The highest BCUT2D eigenvalue weighted by Crippen LogP contribution is 2.34. The molecule has 0 radical (unpaired) electrons. The van der Waals surface area contributed by atoms with Crippen molar-refractivity contribution in [2.75, 3.05) is 38.6 Å². The van der Waals surface area contributed by atoms with E-state index in [0.29, 0.717) is 19.1 Å². The lowest BCUT2D eigenvalue weighted by molar-refractivity contribution is 0.171. The Balaban J connectivity index is 1.26. The molecule has 0 amide bonds. The Hall–Kier alpha value is -1.65. The Bertz CT molecular complexity index is 716. The Morgan fingerprint density at radius 1 is 1.04 bits per heavy atom. The zero-order chi connectivity index (χ0) is 17.1. The molecule has 0 aromatic heterocycles. The maximum Gasteiger partial charge on any atom is 0.162 e. The van der Waals surface area contributed by atoms with Crippen LogP contribution in [0.25, 0.3) is 0 Å². The molecule has 0 spiro atoms. The summed E-state index contributed by atoms with van der Waals surface area (Å²) in [6, 6.07) is 15.3. The molecular weight excluding hydrogens is 330 g/mol. The molecule has 1 saturated heterocycles. The summed E-state index contributed by atoms with van der Waals surface area (Å²) in [5.41, 5.74) is 2.84. The lowest BCUT2D eigenvalue weighted by Gasteiger charge is -2.19. The monoisotopic (exact) mass is 355 g/mol. The Kier molecular flexibility index (Phi) is 5.18. The summed E-state index contributed by atoms with van der Waals surface area (Å²) < 4.78 is 11.2. The molecule has 1 fully saturated rings. The van der Waals surface area contributed by atoms with Crippen LogP contribution in [0.4, 0.5) is 0 Å². The van der Waals surface area contributed by atoms with Gasteiger partial charge in [0.15, 0.2) is 11.5 Å². The maximum absolute atomic E-state index is 5.67. The van der Waals surface area contributed by atoms with Crippen molar-refractivity contribution in [3.63, 3.8) is 0 Å². The third kappa shape index (κ3) is 4.13. The number of fused-ring (bicyclic) bond motifs is 1. The first kappa shape index (κ1) is 16.8. The Morgan fingerprint density at radius 2 is 1.84 bits per heavy atom. The normalized spacial score (nSPS) is 20.0. The van der Waals surface area contributed by atoms with Gasteiger partial charge in [-0.1, -0.05) is 29.8 Å². The van der Waals surface area contributed by atoms with Crippen LogP contribution in [0.1, 0.15) is 23.5 Å². The number of likely N-dealkylation sites (tertiary alicyclic amines) is 1. The molecule has 25 heavy (non-hydrogen) atoms. The fourth-order valence-corrected chi connectivity index (χ4v) is 4.49. The van der Waals surface area contributed by atoms with Crippen LogP contribution >= 0.6 is 11.8 Å². The molecule has 132 valence electrons. The van der Waals surface area contributed by atoms with E-state index in [-0.39, 0.29) is 0 Å². The first-order valence-corrected chi connectivity index (χ1v) is 10.1. The first-order chi connectivity index (χ1) is 12.3. The topological polar surface area (TPSA) is 21.7 Å². The molecule has 2 aliphatic rings. The molecule has 2 aromatic rings. The van der Waals surface area contributed by atoms with Crippen molar-refractivity contribution in [3.8, 4) is 11.5 Å². The van der Waals surface area contributed by atoms with Crippen molar-refractivity contribution in [2.45, 2.75) is 24.2 Å². The second kappa shape index (κ2) is 7.71. The maximum atomic E-state index is 5.67. The van der Waals surface area contributed by atoms with Gasteiger partial charge < -0.3 is 14.4 Å². The number of aryl methyl sites for hydroxylation is 1. The number of hydrogen-bond acceptors (Lipinski definition) is 4. The minimum Gasteiger partial charge on any atom is -0.486 e. The Morgan fingerprint density at radius 3 is 2.68 bits per heavy atom. The van der Waals surface area contributed by atoms with Crippen LogP contribution in [-0.2, 0) is 0 Å². The van der Waals surface area contributed by atoms with E-state index in [4.69, 9.17) is 9.47 Å². The van der Waals surface area contributed by atoms with E-state index in [9.17, 15) is 0 Å². The smallest absolute Gasteiger partial charge is 0.162 e. The fraction of sp³-hybridized carbons (Fsp3) is 0.429. The van der Waals surface area contributed by atoms with Crippen LogP contribution in [0.3, 0.4) is 0 Å². The van der Waals surface area contributed by atoms with Gasteiger partial charge in [-0.05, 0) is 49.6 Å². The van der Waals surface area contributed by atoms with Crippen LogP contribution in [0.2, 0.25) is 0 Å². The van der Waals surface area contributed by atoms with Crippen molar-refractivity contribution in [1.29, 1.82) is 0 Å². The molecule has 1 atom stereocenters. The first-order valence-electron chi connectivity index (χ1n) is 9.09. The van der Waals surface area contributed by atoms with E-state index in [1.54, 1.807) is 0 Å². The number of rotatable bonds is 5. The third-order valence-electron chi connectivity index (χ3n) is 5.01. The van der Waals surface area contributed by atoms with Gasteiger partial charge in [0.2, 0.25) is 0 Å². The molecule has 4 rings (SSSR count). The van der Waals surface area contributed by atoms with E-state index >= 15 is 0 Å². The molecule has 0 bridgehead atoms. The second-order valence-electron chi connectivity index (χ2n) is 6.85. The predicted molar refractivity (Wildman–Crippen MR) is 103 cm³/mol. The van der Waals surface area contributed by atoms with Gasteiger partial charge in [-0.2, -0.15) is 0 Å². The van der Waals surface area contributed by atoms with Gasteiger partial charge in [-0.15, -0.1) is 11.8 Å². The highest BCUT2D eigenvalue weighted by Gasteiger charge is 2.23. The van der Waals surface area contributed by atoms with Gasteiger partial charge in [0.25, 0.3) is 0 Å². The van der Waals surface area contributed by atoms with Crippen LogP contribution in [0.15, 0.2) is 47.4 Å². The lowest BCUT2D eigenvalue weighted by atomic mass is 9.98. The SMILES string of the molecule is Cc1ccc(C2CCN(CCSc3ccc4c(c3)OCCO4)C2)cc1. The van der Waals surface area contributed by atoms with E-state index in [2.05, 4.69) is 48.2 Å². The largest absolute Gasteiger partial charge is 0.486 e. The fourth-order valence-electron chi connectivity index (χ4n) is 3.55. The van der Waals surface area contributed by atoms with E-state index in [0.717, 1.165) is 23.8 Å². The van der Waals surface area contributed by atoms with E-state index in [1.165, 1.54) is 35.5 Å². The second-order valence-corrected chi connectivity index (χ2v) is 8.02. The third-order valence-corrected chi connectivity index (χ3v) is 5.98. The average Bonchev–Trinajstić information content (AvgIpc) is 3.11. The summed E-state index contributed by atoms with van der Waals surface area (Å²) in [6.07, 6.45) is 1.28. The molecule has 0 aliphatic carbocycles. The molecule has 1 unspecified atom stereocenters. The van der Waals surface area contributed by atoms with E-state index < -0.39 is 0 Å². The summed E-state index contributed by atoms with van der Waals surface area (Å²) in [5.74, 6) is 3.56. The summed E-state index contributed by atoms with van der Waals surface area (Å²) in [6.45, 7) is 6.98. The summed E-state index contributed by atoms with van der Waals surface area (Å²) in [4.78, 5) is 3.86. The molecule has 2 heterocycles. The summed E-state index contributed by atoms with van der Waals surface area (Å²) in [5, 5.41) is 0. The molecule has 0 N–H and O–H groups in total. The molecule has 4 heteroatoms. The van der Waals surface area contributed by atoms with Crippen molar-refractivity contribution >= 4 is 11.8 Å². The highest BCUT2D eigenvalue weighted by atomic mass is 32.2. The van der Waals surface area contributed by atoms with Crippen LogP contribution in [-0.4, -0.2) is 43.5 Å². The zero-order valence-electron chi connectivity index (χ0n) is 14.7. The van der Waals surface area contributed by atoms with Gasteiger partial charge >= 0.3 is 0 Å². The minimum atomic E-state index is 0.648. The summed E-state index contributed by atoms with van der Waals surface area (Å²) >= 11 is 1.90. The zero-order valence-corrected chi connectivity index (χ0v) is 15.6. The van der Waals surface area contributed by atoms with Gasteiger partial charge in [0, 0.05) is 23.7 Å². The lowest BCUT2D eigenvalue weighted by Crippen LogP contribution is -2.23. The molecule has 2 aromatic carbocycles. The minimum absolute atomic E-state index is 0.648. The van der Waals surface area contributed by atoms with Gasteiger partial charge in [0.05, 0.1) is 0 Å². The molecule has 2 aliphatic heterocycles. The number of hydrogen-bond donors (Lipinski definition) is 0. The highest BCUT2D eigenvalue weighted by molar-refractivity contribution is 7.99. The number of nitrogens with zero attached hydrogens (tertiary/aromatic N) is 1. The standard InChI is InChI=1S/C21H25NO2S/c1-16-2-4-17(5-3-16)18-8-9-22(15-18)10-13-25-19-6-7-20-21(14-19)24-12-11-23-20/h2-7,14,18H,8-13,15H2,1H3. The quantitative estimate of drug-likeness (QED) is 0.744. The van der Waals surface area contributed by atoms with Crippen molar-refractivity contribution < 1.29 is 9.47 Å². The van der Waals surface area contributed by atoms with Gasteiger partial charge in [-0.3, -0.25) is 0 Å². The average molecular weight is 356 g/mol. The van der Waals surface area contributed by atoms with Crippen molar-refractivity contribution in [3.05, 3.63) is 53.6 Å². The van der Waals surface area contributed by atoms with Crippen LogP contribution in [0.5, 0.6) is 11.5 Å². The van der Waals surface area contributed by atoms with Crippen LogP contribution in [0, 0.1) is 6.92 Å². The molecule has 0 saturated carbocycles. The van der Waals surface area contributed by atoms with Crippen LogP contribution < -0.4 is 9.47 Å². The van der Waals surface area contributed by atoms with Crippen molar-refractivity contribution in [1.82, 2.24) is 4.90 Å².